The van der Waals surface area contributed by atoms with Gasteiger partial charge in [0.05, 0.1) is 17.0 Å². The minimum absolute atomic E-state index is 0.0351. The lowest BCUT2D eigenvalue weighted by Gasteiger charge is -2.26. The highest BCUT2D eigenvalue weighted by atomic mass is 16.3. The molecule has 0 radical (unpaired) electrons. The van der Waals surface area contributed by atoms with Gasteiger partial charge in [0.2, 0.25) is 0 Å². The fourth-order valence-corrected chi connectivity index (χ4v) is 5.09. The molecule has 38 heavy (non-hydrogen) atoms. The lowest BCUT2D eigenvalue weighted by Crippen LogP contribution is -2.28. The van der Waals surface area contributed by atoms with Gasteiger partial charge in [-0.1, -0.05) is 68.3 Å². The largest absolute Gasteiger partial charge is 0.494 e. The molecule has 3 N–H and O–H groups in total. The van der Waals surface area contributed by atoms with E-state index in [1.54, 1.807) is 12.1 Å². The number of benzene rings is 3. The normalized spacial score (nSPS) is 14.6. The minimum atomic E-state index is -0.113. The number of piperidine rings is 1. The Morgan fingerprint density at radius 3 is 2.47 bits per heavy atom. The maximum Gasteiger partial charge on any atom is 0.251 e. The Morgan fingerprint density at radius 1 is 0.974 bits per heavy atom. The summed E-state index contributed by atoms with van der Waals surface area (Å²) < 4.78 is 0. The number of rotatable bonds is 9. The Morgan fingerprint density at radius 2 is 1.74 bits per heavy atom. The summed E-state index contributed by atoms with van der Waals surface area (Å²) in [7, 11) is 0. The fourth-order valence-electron chi connectivity index (χ4n) is 5.09. The standard InChI is InChI=1S/C32H36N4O2/c1-2-3-18-33-31(37)25-14-17-27-28(21-25)35-32(38)29(27)30(24-10-6-4-7-11-24)34-26-15-12-23(13-16-26)22-36-19-8-5-9-20-36/h4,6-7,10-17,21,35,38H,2-3,5,8-9,18-20,22H2,1H3,(H,33,37). The number of hydrogen-bond donors (Lipinski definition) is 3. The van der Waals surface area contributed by atoms with Gasteiger partial charge >= 0.3 is 0 Å². The van der Waals surface area contributed by atoms with Crippen molar-refractivity contribution < 1.29 is 9.90 Å². The summed E-state index contributed by atoms with van der Waals surface area (Å²) in [6, 6.07) is 23.8. The number of hydrogen-bond acceptors (Lipinski definition) is 4. The van der Waals surface area contributed by atoms with E-state index in [2.05, 4.69) is 34.3 Å². The molecule has 0 saturated carbocycles. The molecule has 3 aromatic carbocycles. The molecule has 0 unspecified atom stereocenters. The second-order valence-electron chi connectivity index (χ2n) is 10.0. The van der Waals surface area contributed by atoms with E-state index in [1.807, 2.05) is 48.5 Å². The van der Waals surface area contributed by atoms with E-state index < -0.39 is 0 Å². The summed E-state index contributed by atoms with van der Waals surface area (Å²) >= 11 is 0. The second kappa shape index (κ2) is 12.1. The number of aromatic amines is 1. The Labute approximate surface area is 224 Å². The molecular formula is C32H36N4O2. The number of nitrogens with one attached hydrogen (secondary N) is 2. The van der Waals surface area contributed by atoms with Gasteiger partial charge in [0.1, 0.15) is 0 Å². The monoisotopic (exact) mass is 508 g/mol. The van der Waals surface area contributed by atoms with E-state index in [1.165, 1.54) is 37.9 Å². The number of nitrogens with zero attached hydrogens (tertiary/aromatic N) is 2. The molecule has 2 heterocycles. The summed E-state index contributed by atoms with van der Waals surface area (Å²) in [5.74, 6) is -0.0783. The summed E-state index contributed by atoms with van der Waals surface area (Å²) in [5.41, 5.74) is 5.58. The average molecular weight is 509 g/mol. The van der Waals surface area contributed by atoms with Crippen molar-refractivity contribution in [3.8, 4) is 5.88 Å². The van der Waals surface area contributed by atoms with Gasteiger partial charge < -0.3 is 15.4 Å². The number of carbonyl (C=O) groups excluding carboxylic acids is 1. The van der Waals surface area contributed by atoms with Crippen molar-refractivity contribution in [3.05, 3.63) is 95.1 Å². The van der Waals surface area contributed by atoms with Crippen molar-refractivity contribution in [1.29, 1.82) is 0 Å². The molecule has 6 heteroatoms. The van der Waals surface area contributed by atoms with Crippen LogP contribution in [0.2, 0.25) is 0 Å². The van der Waals surface area contributed by atoms with Crippen molar-refractivity contribution in [1.82, 2.24) is 15.2 Å². The molecule has 1 saturated heterocycles. The highest BCUT2D eigenvalue weighted by molar-refractivity contribution is 6.22. The van der Waals surface area contributed by atoms with E-state index in [-0.39, 0.29) is 11.8 Å². The van der Waals surface area contributed by atoms with Crippen LogP contribution in [-0.4, -0.2) is 46.2 Å². The predicted octanol–water partition coefficient (Wildman–Crippen LogP) is 6.56. The number of unbranched alkanes of at least 4 members (excludes halogenated alkanes) is 1. The number of likely N-dealkylation sites (tertiary alicyclic amines) is 1. The molecule has 4 aromatic rings. The summed E-state index contributed by atoms with van der Waals surface area (Å²) in [6.07, 6.45) is 5.86. The number of aliphatic imine (C=N–C) groups is 1. The van der Waals surface area contributed by atoms with Crippen LogP contribution in [0.1, 0.15) is 66.1 Å². The maximum atomic E-state index is 12.6. The molecule has 196 valence electrons. The second-order valence-corrected chi connectivity index (χ2v) is 10.0. The third-order valence-electron chi connectivity index (χ3n) is 7.17. The number of H-pyrrole nitrogens is 1. The number of amides is 1. The Bertz CT molecular complexity index is 1400. The van der Waals surface area contributed by atoms with Crippen LogP contribution in [0.25, 0.3) is 10.9 Å². The zero-order valence-corrected chi connectivity index (χ0v) is 22.0. The quantitative estimate of drug-likeness (QED) is 0.177. The SMILES string of the molecule is CCCCNC(=O)c1ccc2c(C(=Nc3ccc(CN4CCCCC4)cc3)c3ccccc3)c(O)[nH]c2c1. The van der Waals surface area contributed by atoms with E-state index in [4.69, 9.17) is 4.99 Å². The minimum Gasteiger partial charge on any atom is -0.494 e. The molecule has 0 bridgehead atoms. The average Bonchev–Trinajstić information content (AvgIpc) is 3.28. The highest BCUT2D eigenvalue weighted by Gasteiger charge is 2.20. The molecule has 5 rings (SSSR count). The first-order chi connectivity index (χ1) is 18.6. The smallest absolute Gasteiger partial charge is 0.251 e. The van der Waals surface area contributed by atoms with Gasteiger partial charge in [0.25, 0.3) is 5.91 Å². The first-order valence-electron chi connectivity index (χ1n) is 13.7. The van der Waals surface area contributed by atoms with Crippen LogP contribution >= 0.6 is 0 Å². The molecular weight excluding hydrogens is 472 g/mol. The van der Waals surface area contributed by atoms with Gasteiger partial charge in [-0.05, 0) is 62.2 Å². The zero-order chi connectivity index (χ0) is 26.3. The van der Waals surface area contributed by atoms with E-state index in [0.29, 0.717) is 28.9 Å². The predicted molar refractivity (Wildman–Crippen MR) is 155 cm³/mol. The molecule has 1 aromatic heterocycles. The third kappa shape index (κ3) is 5.97. The number of fused-ring (bicyclic) bond motifs is 1. The number of carbonyl (C=O) groups is 1. The van der Waals surface area contributed by atoms with Crippen LogP contribution in [-0.2, 0) is 6.54 Å². The maximum absolute atomic E-state index is 12.6. The summed E-state index contributed by atoms with van der Waals surface area (Å²) in [4.78, 5) is 23.2. The molecule has 6 nitrogen and oxygen atoms in total. The first kappa shape index (κ1) is 25.7. The molecule has 1 aliphatic rings. The van der Waals surface area contributed by atoms with Crippen molar-refractivity contribution in [3.63, 3.8) is 0 Å². The Kier molecular flexibility index (Phi) is 8.19. The molecule has 1 fully saturated rings. The third-order valence-corrected chi connectivity index (χ3v) is 7.17. The van der Waals surface area contributed by atoms with Crippen molar-refractivity contribution in [2.24, 2.45) is 4.99 Å². The van der Waals surface area contributed by atoms with E-state index in [9.17, 15) is 9.90 Å². The summed E-state index contributed by atoms with van der Waals surface area (Å²) in [5, 5.41) is 14.8. The topological polar surface area (TPSA) is 80.7 Å². The first-order valence-corrected chi connectivity index (χ1v) is 13.7. The van der Waals surface area contributed by atoms with Crippen LogP contribution in [0.5, 0.6) is 5.88 Å². The Hall–Kier alpha value is -3.90. The van der Waals surface area contributed by atoms with Crippen LogP contribution in [0.4, 0.5) is 5.69 Å². The summed E-state index contributed by atoms with van der Waals surface area (Å²) in [6.45, 7) is 6.04. The zero-order valence-electron chi connectivity index (χ0n) is 22.0. The Balaban J connectivity index is 1.47. The van der Waals surface area contributed by atoms with Crippen molar-refractivity contribution in [2.45, 2.75) is 45.6 Å². The van der Waals surface area contributed by atoms with Gasteiger partial charge in [-0.15, -0.1) is 0 Å². The van der Waals surface area contributed by atoms with Gasteiger partial charge in [0, 0.05) is 35.1 Å². The number of aromatic nitrogens is 1. The van der Waals surface area contributed by atoms with Gasteiger partial charge in [-0.3, -0.25) is 9.69 Å². The van der Waals surface area contributed by atoms with Crippen LogP contribution in [0.15, 0.2) is 77.8 Å². The van der Waals surface area contributed by atoms with Crippen molar-refractivity contribution in [2.75, 3.05) is 19.6 Å². The van der Waals surface area contributed by atoms with Crippen LogP contribution in [0, 0.1) is 0 Å². The van der Waals surface area contributed by atoms with Crippen LogP contribution < -0.4 is 5.32 Å². The van der Waals surface area contributed by atoms with Gasteiger partial charge in [-0.2, -0.15) is 0 Å². The van der Waals surface area contributed by atoms with Gasteiger partial charge in [0.15, 0.2) is 5.88 Å². The van der Waals surface area contributed by atoms with E-state index >= 15 is 0 Å². The van der Waals surface area contributed by atoms with Crippen molar-refractivity contribution >= 4 is 28.2 Å². The van der Waals surface area contributed by atoms with Gasteiger partial charge in [-0.25, -0.2) is 4.99 Å². The molecule has 1 amide bonds. The molecule has 0 spiro atoms. The van der Waals surface area contributed by atoms with E-state index in [0.717, 1.165) is 36.0 Å². The molecule has 0 aliphatic carbocycles. The molecule has 1 aliphatic heterocycles. The lowest BCUT2D eigenvalue weighted by atomic mass is 10.00. The number of aromatic hydroxyl groups is 1. The highest BCUT2D eigenvalue weighted by Crippen LogP contribution is 2.32. The lowest BCUT2D eigenvalue weighted by molar-refractivity contribution is 0.0953. The fraction of sp³-hybridized carbons (Fsp3) is 0.312. The van der Waals surface area contributed by atoms with Crippen LogP contribution in [0.3, 0.4) is 0 Å². The molecule has 0 atom stereocenters.